The zero-order chi connectivity index (χ0) is 23.4. The molecule has 1 amide bonds. The van der Waals surface area contributed by atoms with E-state index in [1.807, 2.05) is 11.6 Å². The Bertz CT molecular complexity index is 1120. The molecule has 3 heterocycles. The minimum Gasteiger partial charge on any atom is -0.465 e. The lowest BCUT2D eigenvalue weighted by Crippen LogP contribution is -2.40. The Kier molecular flexibility index (Phi) is 7.14. The third kappa shape index (κ3) is 4.96. The van der Waals surface area contributed by atoms with Gasteiger partial charge < -0.3 is 14.8 Å². The molecule has 1 saturated heterocycles. The van der Waals surface area contributed by atoms with Crippen LogP contribution in [0.15, 0.2) is 24.3 Å². The fourth-order valence-corrected chi connectivity index (χ4v) is 5.28. The van der Waals surface area contributed by atoms with Gasteiger partial charge in [0.1, 0.15) is 5.92 Å². The van der Waals surface area contributed by atoms with E-state index < -0.39 is 22.2 Å². The van der Waals surface area contributed by atoms with Crippen molar-refractivity contribution in [3.8, 4) is 0 Å². The first-order chi connectivity index (χ1) is 15.9. The predicted molar refractivity (Wildman–Crippen MR) is 121 cm³/mol. The average molecular weight is 476 g/mol. The molecular weight excluding hydrogens is 446 g/mol. The number of aromatic nitrogens is 2. The standard InChI is InChI=1S/C23H29N3O6S/c1-2-17-20-18(14-23(15-24-21(20)27)8-12-31-13-9-23)26(25-17)10-5-11-32-22(28)16-6-3-4-7-19(16)33(29)30/h3-4,6-7,16H,2,5,8-15H2,1H3,(H,24,27). The second kappa shape index (κ2) is 10.0. The van der Waals surface area contributed by atoms with Crippen molar-refractivity contribution in [3.05, 3.63) is 41.3 Å². The number of esters is 1. The monoisotopic (exact) mass is 475 g/mol. The van der Waals surface area contributed by atoms with Crippen LogP contribution >= 0.6 is 0 Å². The van der Waals surface area contributed by atoms with Crippen LogP contribution < -0.4 is 5.32 Å². The van der Waals surface area contributed by atoms with Crippen LogP contribution in [-0.2, 0) is 43.9 Å². The van der Waals surface area contributed by atoms with E-state index in [9.17, 15) is 18.0 Å². The second-order valence-corrected chi connectivity index (χ2v) is 9.64. The summed E-state index contributed by atoms with van der Waals surface area (Å²) in [7, 11) is -2.48. The number of ether oxygens (including phenoxy) is 2. The molecule has 2 aliphatic heterocycles. The second-order valence-electron chi connectivity index (χ2n) is 8.70. The topological polar surface area (TPSA) is 117 Å². The van der Waals surface area contributed by atoms with E-state index in [0.29, 0.717) is 44.7 Å². The first kappa shape index (κ1) is 23.4. The van der Waals surface area contributed by atoms with E-state index in [1.54, 1.807) is 12.2 Å². The number of carbonyl (C=O) groups is 2. The number of allylic oxidation sites excluding steroid dienone is 3. The maximum atomic E-state index is 12.9. The van der Waals surface area contributed by atoms with Gasteiger partial charge in [0.15, 0.2) is 0 Å². The maximum absolute atomic E-state index is 12.9. The maximum Gasteiger partial charge on any atom is 0.318 e. The highest BCUT2D eigenvalue weighted by Crippen LogP contribution is 2.37. The minimum atomic E-state index is -2.48. The van der Waals surface area contributed by atoms with Crippen LogP contribution in [-0.4, -0.2) is 61.3 Å². The van der Waals surface area contributed by atoms with Crippen LogP contribution in [0.2, 0.25) is 0 Å². The van der Waals surface area contributed by atoms with Gasteiger partial charge in [-0.1, -0.05) is 25.2 Å². The Morgan fingerprint density at radius 3 is 2.85 bits per heavy atom. The molecule has 1 aliphatic carbocycles. The fourth-order valence-electron chi connectivity index (χ4n) is 4.71. The van der Waals surface area contributed by atoms with Crippen molar-refractivity contribution < 1.29 is 27.5 Å². The van der Waals surface area contributed by atoms with Crippen LogP contribution in [0.4, 0.5) is 0 Å². The number of nitrogens with zero attached hydrogens (tertiary/aromatic N) is 2. The Morgan fingerprint density at radius 1 is 1.33 bits per heavy atom. The van der Waals surface area contributed by atoms with Crippen LogP contribution in [0, 0.1) is 11.3 Å². The van der Waals surface area contributed by atoms with Crippen LogP contribution in [0.25, 0.3) is 0 Å². The zero-order valence-corrected chi connectivity index (χ0v) is 19.5. The molecular formula is C23H29N3O6S. The highest BCUT2D eigenvalue weighted by molar-refractivity contribution is 7.73. The Morgan fingerprint density at radius 2 is 2.12 bits per heavy atom. The van der Waals surface area contributed by atoms with Gasteiger partial charge in [-0.15, -0.1) is 0 Å². The van der Waals surface area contributed by atoms with Gasteiger partial charge in [-0.25, -0.2) is 0 Å². The van der Waals surface area contributed by atoms with Gasteiger partial charge >= 0.3 is 5.97 Å². The summed E-state index contributed by atoms with van der Waals surface area (Å²) in [4.78, 5) is 25.3. The third-order valence-electron chi connectivity index (χ3n) is 6.60. The summed E-state index contributed by atoms with van der Waals surface area (Å²) in [6, 6.07) is 0. The summed E-state index contributed by atoms with van der Waals surface area (Å²) in [6.45, 7) is 4.62. The zero-order valence-electron chi connectivity index (χ0n) is 18.7. The first-order valence-electron chi connectivity index (χ1n) is 11.4. The van der Waals surface area contributed by atoms with E-state index >= 15 is 0 Å². The van der Waals surface area contributed by atoms with Crippen molar-refractivity contribution in [1.29, 1.82) is 0 Å². The minimum absolute atomic E-state index is 0.000237. The molecule has 1 spiro atoms. The highest BCUT2D eigenvalue weighted by atomic mass is 32.2. The van der Waals surface area contributed by atoms with E-state index in [1.165, 1.54) is 12.2 Å². The molecule has 4 rings (SSSR count). The molecule has 33 heavy (non-hydrogen) atoms. The van der Waals surface area contributed by atoms with Crippen molar-refractivity contribution >= 4 is 27.0 Å². The number of hydrogen-bond donors (Lipinski definition) is 1. The van der Waals surface area contributed by atoms with Gasteiger partial charge in [-0.3, -0.25) is 14.3 Å². The normalized spacial score (nSPS) is 21.4. The van der Waals surface area contributed by atoms with Gasteiger partial charge in [-0.2, -0.15) is 13.5 Å². The molecule has 1 aromatic rings. The van der Waals surface area contributed by atoms with E-state index in [4.69, 9.17) is 14.6 Å². The van der Waals surface area contributed by atoms with Gasteiger partial charge in [0.05, 0.1) is 28.4 Å². The lowest BCUT2D eigenvalue weighted by Gasteiger charge is -2.36. The third-order valence-corrected chi connectivity index (χ3v) is 7.37. The van der Waals surface area contributed by atoms with Gasteiger partial charge in [0, 0.05) is 32.7 Å². The summed E-state index contributed by atoms with van der Waals surface area (Å²) in [5.41, 5.74) is 2.36. The van der Waals surface area contributed by atoms with Crippen molar-refractivity contribution in [3.63, 3.8) is 0 Å². The van der Waals surface area contributed by atoms with Crippen LogP contribution in [0.1, 0.15) is 47.9 Å². The molecule has 1 aromatic heterocycles. The molecule has 1 atom stereocenters. The van der Waals surface area contributed by atoms with E-state index in [2.05, 4.69) is 5.32 Å². The van der Waals surface area contributed by atoms with Crippen LogP contribution in [0.5, 0.6) is 0 Å². The molecule has 0 saturated carbocycles. The number of amides is 1. The summed E-state index contributed by atoms with van der Waals surface area (Å²) >= 11 is 0. The molecule has 178 valence electrons. The molecule has 1 N–H and O–H groups in total. The van der Waals surface area contributed by atoms with Gasteiger partial charge in [0.25, 0.3) is 5.91 Å². The van der Waals surface area contributed by atoms with Crippen LogP contribution in [0.3, 0.4) is 0 Å². The first-order valence-corrected chi connectivity index (χ1v) is 12.4. The number of nitrogens with one attached hydrogen (secondary N) is 1. The fraction of sp³-hybridized carbons (Fsp3) is 0.565. The number of fused-ring (bicyclic) bond motifs is 1. The lowest BCUT2D eigenvalue weighted by atomic mass is 9.76. The number of aryl methyl sites for hydroxylation is 2. The van der Waals surface area contributed by atoms with Gasteiger partial charge in [-0.05, 0) is 37.2 Å². The SMILES string of the molecule is CCc1nn(CCCOC(=O)C2C=CC=CC2=S(=O)=O)c2c1C(=O)NCC1(CCOCC1)C2. The summed E-state index contributed by atoms with van der Waals surface area (Å²) < 4.78 is 35.5. The molecule has 9 nitrogen and oxygen atoms in total. The molecule has 0 bridgehead atoms. The van der Waals surface area contributed by atoms with Crippen molar-refractivity contribution in [2.75, 3.05) is 26.4 Å². The van der Waals surface area contributed by atoms with E-state index in [0.717, 1.165) is 30.7 Å². The Balaban J connectivity index is 1.44. The van der Waals surface area contributed by atoms with Gasteiger partial charge in [0.2, 0.25) is 10.3 Å². The van der Waals surface area contributed by atoms with Crippen molar-refractivity contribution in [2.45, 2.75) is 45.6 Å². The number of hydrogen-bond acceptors (Lipinski definition) is 7. The molecule has 0 radical (unpaired) electrons. The van der Waals surface area contributed by atoms with Crippen molar-refractivity contribution in [2.24, 2.45) is 11.3 Å². The van der Waals surface area contributed by atoms with Crippen molar-refractivity contribution in [1.82, 2.24) is 15.1 Å². The lowest BCUT2D eigenvalue weighted by molar-refractivity contribution is -0.144. The average Bonchev–Trinajstić information content (AvgIpc) is 3.10. The molecule has 10 heteroatoms. The number of rotatable bonds is 6. The molecule has 3 aliphatic rings. The largest absolute Gasteiger partial charge is 0.465 e. The summed E-state index contributed by atoms with van der Waals surface area (Å²) in [5, 5.41) is 7.80. The smallest absolute Gasteiger partial charge is 0.318 e. The molecule has 1 unspecified atom stereocenters. The molecule has 0 aromatic carbocycles. The summed E-state index contributed by atoms with van der Waals surface area (Å²) in [6.07, 6.45) is 9.81. The molecule has 1 fully saturated rings. The Hall–Kier alpha value is -2.72. The Labute approximate surface area is 194 Å². The quantitative estimate of drug-likeness (QED) is 0.374. The predicted octanol–water partition coefficient (Wildman–Crippen LogP) is 1.26. The number of carbonyl (C=O) groups excluding carboxylic acids is 2. The van der Waals surface area contributed by atoms with E-state index in [-0.39, 0.29) is 22.8 Å². The highest BCUT2D eigenvalue weighted by Gasteiger charge is 2.39. The summed E-state index contributed by atoms with van der Waals surface area (Å²) in [5.74, 6) is -1.59.